The molecule has 33 heavy (non-hydrogen) atoms. The molecular formula is C24H24F3N5O. The van der Waals surface area contributed by atoms with Gasteiger partial charge in [0, 0.05) is 47.8 Å². The molecule has 0 saturated carbocycles. The van der Waals surface area contributed by atoms with Crippen LogP contribution < -0.4 is 10.1 Å². The number of aromatic amines is 1. The maximum absolute atomic E-state index is 15.5. The molecule has 0 aliphatic carbocycles. The predicted molar refractivity (Wildman–Crippen MR) is 120 cm³/mol. The second kappa shape index (κ2) is 9.40. The summed E-state index contributed by atoms with van der Waals surface area (Å²) >= 11 is 0. The van der Waals surface area contributed by atoms with Gasteiger partial charge in [0.15, 0.2) is 5.82 Å². The van der Waals surface area contributed by atoms with E-state index in [0.29, 0.717) is 19.4 Å². The van der Waals surface area contributed by atoms with E-state index in [1.54, 1.807) is 18.6 Å². The van der Waals surface area contributed by atoms with Crippen LogP contribution in [0.25, 0.3) is 5.57 Å². The topological polar surface area (TPSA) is 66.1 Å². The lowest BCUT2D eigenvalue weighted by Gasteiger charge is -2.35. The molecule has 1 aliphatic rings. The Hall–Kier alpha value is -3.75. The molecule has 3 aromatic rings. The number of likely N-dealkylation sites (tertiary alicyclic amines) is 1. The predicted octanol–water partition coefficient (Wildman–Crippen LogP) is 5.73. The van der Waals surface area contributed by atoms with Gasteiger partial charge in [0.05, 0.1) is 19.0 Å². The monoisotopic (exact) mass is 455 g/mol. The van der Waals surface area contributed by atoms with E-state index in [-0.39, 0.29) is 22.8 Å². The van der Waals surface area contributed by atoms with E-state index in [9.17, 15) is 8.78 Å². The van der Waals surface area contributed by atoms with Crippen molar-refractivity contribution in [2.45, 2.75) is 25.7 Å². The summed E-state index contributed by atoms with van der Waals surface area (Å²) in [6.07, 6.45) is 7.22. The van der Waals surface area contributed by atoms with Crippen molar-refractivity contribution >= 4 is 16.9 Å². The van der Waals surface area contributed by atoms with Crippen molar-refractivity contribution in [3.63, 3.8) is 0 Å². The van der Waals surface area contributed by atoms with Crippen molar-refractivity contribution in [2.24, 2.45) is 0 Å². The quantitative estimate of drug-likeness (QED) is 0.497. The molecule has 0 spiro atoms. The molecule has 2 N–H and O–H groups in total. The number of ether oxygens (including phenoxy) is 1. The molecule has 1 atom stereocenters. The zero-order valence-electron chi connectivity index (χ0n) is 18.3. The van der Waals surface area contributed by atoms with E-state index < -0.39 is 23.4 Å². The Bertz CT molecular complexity index is 1190. The van der Waals surface area contributed by atoms with Crippen LogP contribution in [-0.4, -0.2) is 33.5 Å². The van der Waals surface area contributed by atoms with Crippen LogP contribution in [0.15, 0.2) is 55.3 Å². The van der Waals surface area contributed by atoms with Gasteiger partial charge in [-0.15, -0.1) is 0 Å². The number of methoxy groups -OCH3 is 1. The summed E-state index contributed by atoms with van der Waals surface area (Å²) in [5.74, 6) is -1.54. The van der Waals surface area contributed by atoms with Crippen molar-refractivity contribution in [1.29, 1.82) is 0 Å². The van der Waals surface area contributed by atoms with Crippen LogP contribution in [-0.2, 0) is 0 Å². The average Bonchev–Trinajstić information content (AvgIpc) is 3.36. The average molecular weight is 455 g/mol. The van der Waals surface area contributed by atoms with Crippen molar-refractivity contribution in [3.05, 3.63) is 84.1 Å². The second-order valence-electron chi connectivity index (χ2n) is 7.74. The molecule has 4 rings (SSSR count). The number of aromatic nitrogens is 3. The molecule has 1 saturated heterocycles. The van der Waals surface area contributed by atoms with Gasteiger partial charge in [0.1, 0.15) is 23.1 Å². The summed E-state index contributed by atoms with van der Waals surface area (Å²) in [6.45, 7) is 6.19. The largest absolute Gasteiger partial charge is 0.480 e. The summed E-state index contributed by atoms with van der Waals surface area (Å²) in [7, 11) is 1.37. The number of hydrogen-bond donors (Lipinski definition) is 2. The van der Waals surface area contributed by atoms with Gasteiger partial charge in [-0.05, 0) is 38.1 Å². The highest BCUT2D eigenvalue weighted by molar-refractivity contribution is 5.66. The lowest BCUT2D eigenvalue weighted by Crippen LogP contribution is -2.30. The van der Waals surface area contributed by atoms with E-state index in [1.807, 2.05) is 11.8 Å². The first-order chi connectivity index (χ1) is 15.9. The molecular weight excluding hydrogens is 431 g/mol. The molecule has 0 bridgehead atoms. The molecule has 0 unspecified atom stereocenters. The molecule has 0 radical (unpaired) electrons. The van der Waals surface area contributed by atoms with E-state index in [0.717, 1.165) is 29.4 Å². The lowest BCUT2D eigenvalue weighted by atomic mass is 9.87. The number of nitrogens with zero attached hydrogens (tertiary/aromatic N) is 3. The van der Waals surface area contributed by atoms with Crippen LogP contribution >= 0.6 is 0 Å². The van der Waals surface area contributed by atoms with Crippen LogP contribution in [0.1, 0.15) is 37.1 Å². The highest BCUT2D eigenvalue weighted by atomic mass is 19.1. The number of allylic oxidation sites excluding steroid dienone is 2. The van der Waals surface area contributed by atoms with E-state index in [1.165, 1.54) is 19.2 Å². The lowest BCUT2D eigenvalue weighted by molar-refractivity contribution is 0.332. The SMILES string of the molecule is C=CN1C[C@H](c2c(F)ccc(Nc3cc(F)cnc3OC)c2F)CC/C1=C(/C)c1ncc[nH]1. The second-order valence-corrected chi connectivity index (χ2v) is 7.74. The van der Waals surface area contributed by atoms with Crippen molar-refractivity contribution < 1.29 is 17.9 Å². The van der Waals surface area contributed by atoms with Crippen LogP contribution in [0.2, 0.25) is 0 Å². The zero-order valence-corrected chi connectivity index (χ0v) is 18.3. The minimum atomic E-state index is -0.731. The van der Waals surface area contributed by atoms with Crippen LogP contribution in [0.4, 0.5) is 24.5 Å². The maximum Gasteiger partial charge on any atom is 0.237 e. The number of benzene rings is 1. The van der Waals surface area contributed by atoms with Gasteiger partial charge >= 0.3 is 0 Å². The minimum absolute atomic E-state index is 0.00959. The molecule has 9 heteroatoms. The number of hydrogen-bond acceptors (Lipinski definition) is 5. The first-order valence-corrected chi connectivity index (χ1v) is 10.5. The summed E-state index contributed by atoms with van der Waals surface area (Å²) in [5.41, 5.74) is 2.09. The number of nitrogens with one attached hydrogen (secondary N) is 2. The Balaban J connectivity index is 1.65. The fourth-order valence-corrected chi connectivity index (χ4v) is 4.19. The summed E-state index contributed by atoms with van der Waals surface area (Å²) in [5, 5.41) is 2.79. The molecule has 2 aromatic heterocycles. The molecule has 1 aromatic carbocycles. The number of piperidine rings is 1. The Morgan fingerprint density at radius 3 is 2.79 bits per heavy atom. The van der Waals surface area contributed by atoms with E-state index in [4.69, 9.17) is 4.74 Å². The van der Waals surface area contributed by atoms with E-state index >= 15 is 4.39 Å². The van der Waals surface area contributed by atoms with Crippen molar-refractivity contribution in [2.75, 3.05) is 19.0 Å². The van der Waals surface area contributed by atoms with Gasteiger partial charge in [0.2, 0.25) is 5.88 Å². The van der Waals surface area contributed by atoms with Crippen LogP contribution in [0, 0.1) is 17.5 Å². The fourth-order valence-electron chi connectivity index (χ4n) is 4.19. The third kappa shape index (κ3) is 4.44. The summed E-state index contributed by atoms with van der Waals surface area (Å²) in [4.78, 5) is 13.1. The van der Waals surface area contributed by atoms with Crippen LogP contribution in [0.3, 0.4) is 0 Å². The third-order valence-electron chi connectivity index (χ3n) is 5.82. The summed E-state index contributed by atoms with van der Waals surface area (Å²) < 4.78 is 49.1. The molecule has 172 valence electrons. The number of imidazole rings is 1. The highest BCUT2D eigenvalue weighted by Gasteiger charge is 2.30. The molecule has 1 fully saturated rings. The molecule has 1 aliphatic heterocycles. The first-order valence-electron chi connectivity index (χ1n) is 10.5. The number of rotatable bonds is 6. The zero-order chi connectivity index (χ0) is 23.5. The summed E-state index contributed by atoms with van der Waals surface area (Å²) in [6, 6.07) is 3.62. The molecule has 3 heterocycles. The Morgan fingerprint density at radius 2 is 2.09 bits per heavy atom. The fraction of sp³-hybridized carbons (Fsp3) is 0.250. The minimum Gasteiger partial charge on any atom is -0.480 e. The van der Waals surface area contributed by atoms with Gasteiger partial charge in [-0.3, -0.25) is 0 Å². The van der Waals surface area contributed by atoms with Gasteiger partial charge in [-0.1, -0.05) is 6.58 Å². The Morgan fingerprint density at radius 1 is 1.27 bits per heavy atom. The Kier molecular flexibility index (Phi) is 6.39. The van der Waals surface area contributed by atoms with Gasteiger partial charge < -0.3 is 19.9 Å². The normalized spacial score (nSPS) is 17.6. The van der Waals surface area contributed by atoms with Gasteiger partial charge in [-0.2, -0.15) is 0 Å². The third-order valence-corrected chi connectivity index (χ3v) is 5.82. The van der Waals surface area contributed by atoms with Gasteiger partial charge in [0.25, 0.3) is 0 Å². The maximum atomic E-state index is 15.5. The molecule has 6 nitrogen and oxygen atoms in total. The standard InChI is InChI=1S/C24H24F3N5O/c1-4-32-13-15(5-8-20(32)14(2)23-28-9-10-29-23)21-17(26)6-7-18(22(21)27)31-19-11-16(25)12-30-24(19)33-3/h4,6-7,9-12,15,31H,1,5,8,13H2,2-3H3,(H,28,29)/b20-14+/t15-/m1/s1. The smallest absolute Gasteiger partial charge is 0.237 e. The number of H-pyrrole nitrogens is 1. The van der Waals surface area contributed by atoms with E-state index in [2.05, 4.69) is 26.8 Å². The van der Waals surface area contributed by atoms with Gasteiger partial charge in [-0.25, -0.2) is 23.1 Å². The number of pyridine rings is 1. The number of anilines is 2. The van der Waals surface area contributed by atoms with Crippen LogP contribution in [0.5, 0.6) is 5.88 Å². The van der Waals surface area contributed by atoms with Crippen molar-refractivity contribution in [3.8, 4) is 5.88 Å². The Labute approximate surface area is 189 Å². The number of halogens is 3. The molecule has 0 amide bonds. The first kappa shape index (κ1) is 22.4. The van der Waals surface area contributed by atoms with Crippen molar-refractivity contribution in [1.82, 2.24) is 19.9 Å². The highest BCUT2D eigenvalue weighted by Crippen LogP contribution is 2.39.